The number of anilines is 1. The Hall–Kier alpha value is -1.95. The molecule has 0 radical (unpaired) electrons. The summed E-state index contributed by atoms with van der Waals surface area (Å²) in [5.41, 5.74) is 1.01. The second-order valence-electron chi connectivity index (χ2n) is 4.79. The van der Waals surface area contributed by atoms with E-state index in [1.807, 2.05) is 12.1 Å². The van der Waals surface area contributed by atoms with E-state index in [1.165, 1.54) is 19.2 Å². The predicted molar refractivity (Wildman–Crippen MR) is 73.2 cm³/mol. The molecule has 1 aliphatic rings. The zero-order valence-electron chi connectivity index (χ0n) is 10.8. The van der Waals surface area contributed by atoms with Crippen molar-refractivity contribution in [2.75, 3.05) is 25.0 Å². The Morgan fingerprint density at radius 1 is 1.37 bits per heavy atom. The lowest BCUT2D eigenvalue weighted by Crippen LogP contribution is -2.31. The first kappa shape index (κ1) is 12.1. The average molecular weight is 258 g/mol. The smallest absolute Gasteiger partial charge is 0.178 e. The average Bonchev–Trinajstić information content (AvgIpc) is 3.01. The van der Waals surface area contributed by atoms with Crippen LogP contribution in [0.4, 0.5) is 5.69 Å². The van der Waals surface area contributed by atoms with Crippen LogP contribution in [0.3, 0.4) is 0 Å². The largest absolute Gasteiger partial charge is 0.382 e. The van der Waals surface area contributed by atoms with Gasteiger partial charge in [0.05, 0.1) is 5.69 Å². The normalized spacial score (nSPS) is 16.4. The fraction of sp³-hybridized carbons (Fsp3) is 0.462. The van der Waals surface area contributed by atoms with Crippen LogP contribution in [0, 0.1) is 5.92 Å². The molecule has 0 bridgehead atoms. The highest BCUT2D eigenvalue weighted by Crippen LogP contribution is 2.18. The van der Waals surface area contributed by atoms with E-state index >= 15 is 0 Å². The van der Waals surface area contributed by atoms with Crippen molar-refractivity contribution < 1.29 is 0 Å². The van der Waals surface area contributed by atoms with Gasteiger partial charge >= 0.3 is 0 Å². The summed E-state index contributed by atoms with van der Waals surface area (Å²) in [5.74, 6) is 1.53. The summed E-state index contributed by atoms with van der Waals surface area (Å²) in [4.78, 5) is 8.34. The summed E-state index contributed by atoms with van der Waals surface area (Å²) < 4.78 is 1.69. The lowest BCUT2D eigenvalue weighted by molar-refractivity contribution is 0.390. The molecule has 0 aliphatic carbocycles. The van der Waals surface area contributed by atoms with E-state index in [2.05, 4.69) is 25.7 Å². The molecule has 3 heterocycles. The van der Waals surface area contributed by atoms with Crippen molar-refractivity contribution in [3.05, 3.63) is 31.0 Å². The Kier molecular flexibility index (Phi) is 3.69. The lowest BCUT2D eigenvalue weighted by Gasteiger charge is -2.23. The van der Waals surface area contributed by atoms with Gasteiger partial charge in [0.2, 0.25) is 0 Å². The minimum atomic E-state index is 0.727. The van der Waals surface area contributed by atoms with E-state index < -0.39 is 0 Å². The van der Waals surface area contributed by atoms with Crippen LogP contribution in [0.2, 0.25) is 0 Å². The lowest BCUT2D eigenvalue weighted by atomic mass is 9.98. The number of aromatic nitrogens is 4. The SMILES string of the molecule is c1cnc(-n2cncn2)c(NCC2CCNCC2)c1. The molecule has 1 fully saturated rings. The van der Waals surface area contributed by atoms with Crippen LogP contribution in [0.25, 0.3) is 5.82 Å². The molecule has 1 aliphatic heterocycles. The highest BCUT2D eigenvalue weighted by molar-refractivity contribution is 5.56. The summed E-state index contributed by atoms with van der Waals surface area (Å²) in [6, 6.07) is 3.97. The van der Waals surface area contributed by atoms with Crippen LogP contribution >= 0.6 is 0 Å². The molecule has 0 amide bonds. The van der Waals surface area contributed by atoms with E-state index in [9.17, 15) is 0 Å². The molecule has 3 rings (SSSR count). The molecular formula is C13H18N6. The van der Waals surface area contributed by atoms with Gasteiger partial charge in [-0.2, -0.15) is 5.10 Å². The van der Waals surface area contributed by atoms with E-state index in [1.54, 1.807) is 17.2 Å². The van der Waals surface area contributed by atoms with Crippen molar-refractivity contribution >= 4 is 5.69 Å². The molecule has 19 heavy (non-hydrogen) atoms. The number of hydrogen-bond donors (Lipinski definition) is 2. The summed E-state index contributed by atoms with van der Waals surface area (Å²) in [5, 5.41) is 11.0. The van der Waals surface area contributed by atoms with Gasteiger partial charge < -0.3 is 10.6 Å². The third-order valence-corrected chi connectivity index (χ3v) is 3.46. The van der Waals surface area contributed by atoms with Crippen molar-refractivity contribution in [2.24, 2.45) is 5.92 Å². The molecule has 0 unspecified atom stereocenters. The number of pyridine rings is 1. The molecule has 1 saturated heterocycles. The van der Waals surface area contributed by atoms with Crippen LogP contribution in [0.15, 0.2) is 31.0 Å². The van der Waals surface area contributed by atoms with E-state index in [0.717, 1.165) is 37.1 Å². The zero-order chi connectivity index (χ0) is 12.9. The van der Waals surface area contributed by atoms with Crippen molar-refractivity contribution in [3.63, 3.8) is 0 Å². The van der Waals surface area contributed by atoms with Crippen LogP contribution in [-0.4, -0.2) is 39.4 Å². The molecule has 0 aromatic carbocycles. The third-order valence-electron chi connectivity index (χ3n) is 3.46. The van der Waals surface area contributed by atoms with Gasteiger partial charge in [-0.1, -0.05) is 0 Å². The molecule has 2 aromatic rings. The second-order valence-corrected chi connectivity index (χ2v) is 4.79. The van der Waals surface area contributed by atoms with Gasteiger partial charge in [0.15, 0.2) is 5.82 Å². The van der Waals surface area contributed by atoms with Crippen molar-refractivity contribution in [1.29, 1.82) is 0 Å². The molecule has 2 N–H and O–H groups in total. The van der Waals surface area contributed by atoms with E-state index in [0.29, 0.717) is 0 Å². The topological polar surface area (TPSA) is 67.7 Å². The van der Waals surface area contributed by atoms with E-state index in [-0.39, 0.29) is 0 Å². The maximum atomic E-state index is 4.37. The molecule has 6 heteroatoms. The Morgan fingerprint density at radius 2 is 2.26 bits per heavy atom. The first-order valence-electron chi connectivity index (χ1n) is 6.68. The number of nitrogens with one attached hydrogen (secondary N) is 2. The van der Waals surface area contributed by atoms with Crippen LogP contribution in [0.5, 0.6) is 0 Å². The van der Waals surface area contributed by atoms with Gasteiger partial charge in [-0.05, 0) is 44.0 Å². The minimum absolute atomic E-state index is 0.727. The Balaban J connectivity index is 1.70. The van der Waals surface area contributed by atoms with Crippen LogP contribution < -0.4 is 10.6 Å². The Morgan fingerprint density at radius 3 is 3.05 bits per heavy atom. The highest BCUT2D eigenvalue weighted by Gasteiger charge is 2.13. The summed E-state index contributed by atoms with van der Waals surface area (Å²) >= 11 is 0. The fourth-order valence-corrected chi connectivity index (χ4v) is 2.38. The molecule has 6 nitrogen and oxygen atoms in total. The number of hydrogen-bond acceptors (Lipinski definition) is 5. The summed E-state index contributed by atoms with van der Waals surface area (Å²) in [6.45, 7) is 3.22. The fourth-order valence-electron chi connectivity index (χ4n) is 2.38. The quantitative estimate of drug-likeness (QED) is 0.858. The van der Waals surface area contributed by atoms with Crippen LogP contribution in [0.1, 0.15) is 12.8 Å². The summed E-state index contributed by atoms with van der Waals surface area (Å²) in [6.07, 6.45) is 7.41. The third kappa shape index (κ3) is 2.90. The number of nitrogens with zero attached hydrogens (tertiary/aromatic N) is 4. The first-order valence-corrected chi connectivity index (χ1v) is 6.68. The Labute approximate surface area is 112 Å². The standard InChI is InChI=1S/C13H18N6/c1-2-12(17-8-11-3-6-14-7-4-11)13(16-5-1)19-10-15-9-18-19/h1-2,5,9-11,14,17H,3-4,6-8H2. The van der Waals surface area contributed by atoms with Crippen LogP contribution in [-0.2, 0) is 0 Å². The van der Waals surface area contributed by atoms with Crippen molar-refractivity contribution in [1.82, 2.24) is 25.1 Å². The highest BCUT2D eigenvalue weighted by atomic mass is 15.3. The van der Waals surface area contributed by atoms with Gasteiger partial charge in [0, 0.05) is 12.7 Å². The molecule has 0 saturated carbocycles. The second kappa shape index (κ2) is 5.79. The van der Waals surface area contributed by atoms with E-state index in [4.69, 9.17) is 0 Å². The van der Waals surface area contributed by atoms with Gasteiger partial charge in [0.25, 0.3) is 0 Å². The van der Waals surface area contributed by atoms with Gasteiger partial charge in [-0.25, -0.2) is 14.6 Å². The maximum absolute atomic E-state index is 4.37. The summed E-state index contributed by atoms with van der Waals surface area (Å²) in [7, 11) is 0. The first-order chi connectivity index (χ1) is 9.43. The van der Waals surface area contributed by atoms with Gasteiger partial charge in [0.1, 0.15) is 12.7 Å². The molecule has 100 valence electrons. The predicted octanol–water partition coefficient (Wildman–Crippen LogP) is 1.07. The maximum Gasteiger partial charge on any atom is 0.178 e. The van der Waals surface area contributed by atoms with Crippen molar-refractivity contribution in [3.8, 4) is 5.82 Å². The molecule has 0 atom stereocenters. The van der Waals surface area contributed by atoms with Crippen molar-refractivity contribution in [2.45, 2.75) is 12.8 Å². The minimum Gasteiger partial charge on any atom is -0.382 e. The number of rotatable bonds is 4. The van der Waals surface area contributed by atoms with Gasteiger partial charge in [-0.3, -0.25) is 0 Å². The zero-order valence-corrected chi connectivity index (χ0v) is 10.8. The molecule has 2 aromatic heterocycles. The monoisotopic (exact) mass is 258 g/mol. The molecular weight excluding hydrogens is 240 g/mol. The number of piperidine rings is 1. The van der Waals surface area contributed by atoms with Gasteiger partial charge in [-0.15, -0.1) is 0 Å². The Bertz CT molecular complexity index is 504. The molecule has 0 spiro atoms.